The van der Waals surface area contributed by atoms with Gasteiger partial charge >= 0.3 is 0 Å². The van der Waals surface area contributed by atoms with Crippen molar-refractivity contribution in [3.8, 4) is 0 Å². The predicted octanol–water partition coefficient (Wildman–Crippen LogP) is 2.14. The van der Waals surface area contributed by atoms with E-state index in [9.17, 15) is 9.18 Å². The molecule has 1 heterocycles. The Kier molecular flexibility index (Phi) is 4.47. The van der Waals surface area contributed by atoms with Crippen LogP contribution in [0.1, 0.15) is 16.8 Å². The van der Waals surface area contributed by atoms with Crippen molar-refractivity contribution < 1.29 is 9.18 Å². The molecule has 1 amide bonds. The first-order chi connectivity index (χ1) is 8.97. The molecule has 1 aromatic carbocycles. The summed E-state index contributed by atoms with van der Waals surface area (Å²) in [6, 6.07) is 4.31. The SMILES string of the molecule is CN1CCC(CN(C)C(=O)c2cc(S)ccc2F)C1. The predicted molar refractivity (Wildman–Crippen MR) is 76.2 cm³/mol. The van der Waals surface area contributed by atoms with Crippen LogP contribution in [-0.4, -0.2) is 49.4 Å². The molecule has 104 valence electrons. The van der Waals surface area contributed by atoms with Gasteiger partial charge in [-0.1, -0.05) is 0 Å². The summed E-state index contributed by atoms with van der Waals surface area (Å²) in [5.74, 6) is -0.290. The van der Waals surface area contributed by atoms with E-state index in [2.05, 4.69) is 24.6 Å². The average Bonchev–Trinajstić information content (AvgIpc) is 2.77. The van der Waals surface area contributed by atoms with Gasteiger partial charge < -0.3 is 9.80 Å². The fraction of sp³-hybridized carbons (Fsp3) is 0.500. The molecule has 0 bridgehead atoms. The van der Waals surface area contributed by atoms with E-state index in [1.165, 1.54) is 12.1 Å². The van der Waals surface area contributed by atoms with Crippen molar-refractivity contribution in [1.82, 2.24) is 9.80 Å². The highest BCUT2D eigenvalue weighted by molar-refractivity contribution is 7.80. The van der Waals surface area contributed by atoms with Crippen LogP contribution in [0.3, 0.4) is 0 Å². The highest BCUT2D eigenvalue weighted by Gasteiger charge is 2.24. The van der Waals surface area contributed by atoms with E-state index in [0.29, 0.717) is 17.4 Å². The molecule has 1 unspecified atom stereocenters. The smallest absolute Gasteiger partial charge is 0.256 e. The van der Waals surface area contributed by atoms with E-state index in [1.807, 2.05) is 0 Å². The molecule has 5 heteroatoms. The van der Waals surface area contributed by atoms with E-state index in [0.717, 1.165) is 19.5 Å². The number of carbonyl (C=O) groups excluding carboxylic acids is 1. The molecule has 0 aliphatic carbocycles. The van der Waals surface area contributed by atoms with Gasteiger partial charge in [-0.05, 0) is 44.1 Å². The minimum Gasteiger partial charge on any atom is -0.341 e. The Labute approximate surface area is 118 Å². The van der Waals surface area contributed by atoms with Gasteiger partial charge in [0.1, 0.15) is 5.82 Å². The topological polar surface area (TPSA) is 23.6 Å². The Balaban J connectivity index is 2.04. The third kappa shape index (κ3) is 3.48. The molecule has 19 heavy (non-hydrogen) atoms. The summed E-state index contributed by atoms with van der Waals surface area (Å²) >= 11 is 4.15. The first-order valence-corrected chi connectivity index (χ1v) is 6.84. The second kappa shape index (κ2) is 5.92. The Morgan fingerprint density at radius 2 is 2.32 bits per heavy atom. The van der Waals surface area contributed by atoms with Crippen LogP contribution in [0.5, 0.6) is 0 Å². The van der Waals surface area contributed by atoms with Gasteiger partial charge in [-0.2, -0.15) is 0 Å². The number of halogens is 1. The Bertz CT molecular complexity index is 481. The monoisotopic (exact) mass is 282 g/mol. The first kappa shape index (κ1) is 14.3. The van der Waals surface area contributed by atoms with Crippen molar-refractivity contribution in [3.05, 3.63) is 29.6 Å². The quantitative estimate of drug-likeness (QED) is 0.859. The second-order valence-corrected chi connectivity index (χ2v) is 5.78. The minimum atomic E-state index is -0.488. The van der Waals surface area contributed by atoms with Crippen molar-refractivity contribution in [3.63, 3.8) is 0 Å². The summed E-state index contributed by atoms with van der Waals surface area (Å²) in [6.45, 7) is 2.72. The van der Waals surface area contributed by atoms with Crippen molar-refractivity contribution in [2.24, 2.45) is 5.92 Å². The molecule has 0 saturated carbocycles. The molecule has 1 aliphatic rings. The zero-order valence-corrected chi connectivity index (χ0v) is 12.2. The van der Waals surface area contributed by atoms with Gasteiger partial charge in [0, 0.05) is 25.0 Å². The molecule has 1 atom stereocenters. The zero-order chi connectivity index (χ0) is 14.0. The van der Waals surface area contributed by atoms with Crippen LogP contribution in [-0.2, 0) is 0 Å². The van der Waals surface area contributed by atoms with Crippen LogP contribution < -0.4 is 0 Å². The number of benzene rings is 1. The van der Waals surface area contributed by atoms with Crippen LogP contribution in [0.15, 0.2) is 23.1 Å². The van der Waals surface area contributed by atoms with Gasteiger partial charge in [-0.3, -0.25) is 4.79 Å². The van der Waals surface area contributed by atoms with Crippen molar-refractivity contribution >= 4 is 18.5 Å². The van der Waals surface area contributed by atoms with Crippen LogP contribution in [0.25, 0.3) is 0 Å². The third-order valence-electron chi connectivity index (χ3n) is 3.55. The minimum absolute atomic E-state index is 0.0985. The zero-order valence-electron chi connectivity index (χ0n) is 11.3. The van der Waals surface area contributed by atoms with Crippen LogP contribution in [0.2, 0.25) is 0 Å². The van der Waals surface area contributed by atoms with E-state index in [4.69, 9.17) is 0 Å². The second-order valence-electron chi connectivity index (χ2n) is 5.27. The highest BCUT2D eigenvalue weighted by atomic mass is 32.1. The Morgan fingerprint density at radius 1 is 1.58 bits per heavy atom. The lowest BCUT2D eigenvalue weighted by atomic mass is 10.1. The maximum absolute atomic E-state index is 13.7. The van der Waals surface area contributed by atoms with Gasteiger partial charge in [-0.25, -0.2) is 4.39 Å². The number of nitrogens with zero attached hydrogens (tertiary/aromatic N) is 2. The molecular formula is C14H19FN2OS. The number of carbonyl (C=O) groups is 1. The lowest BCUT2D eigenvalue weighted by Gasteiger charge is -2.21. The summed E-state index contributed by atoms with van der Waals surface area (Å²) in [7, 11) is 3.80. The van der Waals surface area contributed by atoms with Gasteiger partial charge in [0.2, 0.25) is 0 Å². The highest BCUT2D eigenvalue weighted by Crippen LogP contribution is 2.18. The number of rotatable bonds is 3. The van der Waals surface area contributed by atoms with Gasteiger partial charge in [-0.15, -0.1) is 12.6 Å². The van der Waals surface area contributed by atoms with Crippen molar-refractivity contribution in [2.45, 2.75) is 11.3 Å². The first-order valence-electron chi connectivity index (χ1n) is 6.40. The summed E-state index contributed by atoms with van der Waals surface area (Å²) in [6.07, 6.45) is 1.09. The summed E-state index contributed by atoms with van der Waals surface area (Å²) in [5, 5.41) is 0. The molecule has 1 aromatic rings. The standard InChI is InChI=1S/C14H19FN2OS/c1-16-6-5-10(8-16)9-17(2)14(18)12-7-11(19)3-4-13(12)15/h3-4,7,10,19H,5-6,8-9H2,1-2H3. The van der Waals surface area contributed by atoms with E-state index >= 15 is 0 Å². The third-order valence-corrected chi connectivity index (χ3v) is 3.83. The molecule has 2 rings (SSSR count). The maximum atomic E-state index is 13.7. The number of hydrogen-bond donors (Lipinski definition) is 1. The van der Waals surface area contributed by atoms with Gasteiger partial charge in [0.25, 0.3) is 5.91 Å². The van der Waals surface area contributed by atoms with Gasteiger partial charge in [0.15, 0.2) is 0 Å². The summed E-state index contributed by atoms with van der Waals surface area (Å²) in [5.41, 5.74) is 0.0985. The Morgan fingerprint density at radius 3 is 2.95 bits per heavy atom. The Hall–Kier alpha value is -1.07. The lowest BCUT2D eigenvalue weighted by Crippen LogP contribution is -2.33. The summed E-state index contributed by atoms with van der Waals surface area (Å²) in [4.78, 5) is 16.7. The van der Waals surface area contributed by atoms with Crippen LogP contribution in [0.4, 0.5) is 4.39 Å². The lowest BCUT2D eigenvalue weighted by molar-refractivity contribution is 0.0769. The fourth-order valence-electron chi connectivity index (χ4n) is 2.53. The fourth-order valence-corrected chi connectivity index (χ4v) is 2.73. The molecule has 0 spiro atoms. The molecule has 1 aliphatic heterocycles. The molecule has 0 N–H and O–H groups in total. The molecular weight excluding hydrogens is 263 g/mol. The normalized spacial score (nSPS) is 19.7. The number of hydrogen-bond acceptors (Lipinski definition) is 3. The molecule has 0 aromatic heterocycles. The maximum Gasteiger partial charge on any atom is 0.256 e. The number of likely N-dealkylation sites (tertiary alicyclic amines) is 1. The molecule has 1 fully saturated rings. The van der Waals surface area contributed by atoms with Crippen molar-refractivity contribution in [1.29, 1.82) is 0 Å². The average molecular weight is 282 g/mol. The largest absolute Gasteiger partial charge is 0.341 e. The summed E-state index contributed by atoms with van der Waals surface area (Å²) < 4.78 is 13.7. The molecule has 3 nitrogen and oxygen atoms in total. The van der Waals surface area contributed by atoms with Crippen LogP contribution in [0, 0.1) is 11.7 Å². The number of thiol groups is 1. The van der Waals surface area contributed by atoms with Crippen LogP contribution >= 0.6 is 12.6 Å². The van der Waals surface area contributed by atoms with E-state index in [-0.39, 0.29) is 11.5 Å². The molecule has 0 radical (unpaired) electrons. The van der Waals surface area contributed by atoms with E-state index < -0.39 is 5.82 Å². The number of amides is 1. The van der Waals surface area contributed by atoms with E-state index in [1.54, 1.807) is 18.0 Å². The van der Waals surface area contributed by atoms with Crippen molar-refractivity contribution in [2.75, 3.05) is 33.7 Å². The molecule has 1 saturated heterocycles. The van der Waals surface area contributed by atoms with Gasteiger partial charge in [0.05, 0.1) is 5.56 Å².